The van der Waals surface area contributed by atoms with Crippen LogP contribution in [0, 0.1) is 0 Å². The average molecular weight is 228 g/mol. The Kier molecular flexibility index (Phi) is 5.15. The number of hydrogen-bond acceptors (Lipinski definition) is 1. The van der Waals surface area contributed by atoms with Gasteiger partial charge < -0.3 is 4.79 Å². The fourth-order valence-corrected chi connectivity index (χ4v) is 0.718. The van der Waals surface area contributed by atoms with Crippen LogP contribution in [-0.2, 0) is 37.5 Å². The molecule has 0 atom stereocenters. The van der Waals surface area contributed by atoms with Gasteiger partial charge in [-0.25, -0.2) is 0 Å². The Morgan fingerprint density at radius 1 is 1.30 bits per heavy atom. The van der Waals surface area contributed by atoms with E-state index in [-0.39, 0.29) is 32.7 Å². The molecule has 0 N–H and O–H groups in total. The van der Waals surface area contributed by atoms with Gasteiger partial charge in [0.25, 0.3) is 0 Å². The van der Waals surface area contributed by atoms with Gasteiger partial charge in [0.15, 0.2) is 0 Å². The van der Waals surface area contributed by atoms with Gasteiger partial charge in [-0.05, 0) is 0 Å². The van der Waals surface area contributed by atoms with E-state index in [1.807, 2.05) is 0 Å². The monoisotopic (exact) mass is 228 g/mol. The number of benzene rings is 1. The van der Waals surface area contributed by atoms with Crippen molar-refractivity contribution in [3.8, 4) is 0 Å². The summed E-state index contributed by atoms with van der Waals surface area (Å²) in [5.41, 5.74) is 0.416. The molecule has 1 radical (unpaired) electrons. The molecule has 0 heterocycles. The maximum absolute atomic E-state index is 10.0. The van der Waals surface area contributed by atoms with Gasteiger partial charge in [0.05, 0.1) is 6.29 Å². The number of rotatable bonds is 1. The summed E-state index contributed by atoms with van der Waals surface area (Å²) in [6.45, 7) is 0. The molecule has 1 aromatic carbocycles. The fraction of sp³-hybridized carbons (Fsp3) is 0. The van der Waals surface area contributed by atoms with Crippen LogP contribution in [0.3, 0.4) is 0 Å². The molecule has 0 aliphatic rings. The maximum atomic E-state index is 10.0. The normalized spacial score (nSPS) is 8.10. The summed E-state index contributed by atoms with van der Waals surface area (Å²) in [6.07, 6.45) is 1.71. The van der Waals surface area contributed by atoms with Crippen LogP contribution in [0.2, 0.25) is 5.02 Å². The van der Waals surface area contributed by atoms with E-state index >= 15 is 0 Å². The summed E-state index contributed by atoms with van der Waals surface area (Å²) < 4.78 is 0. The summed E-state index contributed by atoms with van der Waals surface area (Å²) in [7, 11) is 0. The van der Waals surface area contributed by atoms with Crippen molar-refractivity contribution >= 4 is 17.9 Å². The fourth-order valence-electron chi connectivity index (χ4n) is 0.544. The molecule has 49 valence electrons. The van der Waals surface area contributed by atoms with Crippen LogP contribution < -0.4 is 0 Å². The molecule has 0 amide bonds. The van der Waals surface area contributed by atoms with Crippen molar-refractivity contribution in [1.29, 1.82) is 0 Å². The van der Waals surface area contributed by atoms with E-state index < -0.39 is 0 Å². The van der Waals surface area contributed by atoms with Crippen molar-refractivity contribution in [3.05, 3.63) is 34.9 Å². The number of halogens is 1. The Morgan fingerprint density at radius 3 is 2.30 bits per heavy atom. The minimum atomic E-state index is 0. The van der Waals surface area contributed by atoms with Crippen LogP contribution in [0.4, 0.5) is 0 Å². The largest absolute Gasteiger partial charge is 0.376 e. The molecule has 1 rings (SSSR count). The molecule has 10 heavy (non-hydrogen) atoms. The zero-order valence-electron chi connectivity index (χ0n) is 5.17. The summed E-state index contributed by atoms with van der Waals surface area (Å²) in [5.74, 6) is 0. The average Bonchev–Trinajstić information content (AvgIpc) is 1.89. The Balaban J connectivity index is 0.000000810. The van der Waals surface area contributed by atoms with Crippen molar-refractivity contribution in [2.75, 3.05) is 0 Å². The van der Waals surface area contributed by atoms with Gasteiger partial charge in [0.1, 0.15) is 0 Å². The molecule has 0 fully saturated rings. The molecule has 0 aliphatic heterocycles. The Bertz CT molecular complexity index is 225. The van der Waals surface area contributed by atoms with Gasteiger partial charge in [0.2, 0.25) is 0 Å². The van der Waals surface area contributed by atoms with Crippen molar-refractivity contribution in [3.63, 3.8) is 0 Å². The van der Waals surface area contributed by atoms with E-state index in [1.54, 1.807) is 30.6 Å². The SMILES string of the molecule is O=[C-]c1ccccc1Cl.[Y]. The first-order valence-corrected chi connectivity index (χ1v) is 2.85. The van der Waals surface area contributed by atoms with Crippen molar-refractivity contribution in [2.24, 2.45) is 0 Å². The van der Waals surface area contributed by atoms with Crippen molar-refractivity contribution in [1.82, 2.24) is 0 Å². The van der Waals surface area contributed by atoms with E-state index in [1.165, 1.54) is 0 Å². The molecular formula is C7H4ClOY-. The van der Waals surface area contributed by atoms with E-state index in [4.69, 9.17) is 11.6 Å². The molecule has 0 bridgehead atoms. The van der Waals surface area contributed by atoms with E-state index in [0.29, 0.717) is 10.6 Å². The third kappa shape index (κ3) is 2.49. The number of hydrogen-bond donors (Lipinski definition) is 0. The quantitative estimate of drug-likeness (QED) is 0.670. The second-order valence-electron chi connectivity index (χ2n) is 1.58. The van der Waals surface area contributed by atoms with Gasteiger partial charge in [-0.1, -0.05) is 11.1 Å². The zero-order chi connectivity index (χ0) is 6.69. The molecule has 0 aromatic heterocycles. The minimum Gasteiger partial charge on any atom is -0.376 e. The smallest absolute Gasteiger partial charge is 0.0641 e. The topological polar surface area (TPSA) is 17.1 Å². The summed E-state index contributed by atoms with van der Waals surface area (Å²) in [6, 6.07) is 6.78. The predicted octanol–water partition coefficient (Wildman–Crippen LogP) is 1.80. The van der Waals surface area contributed by atoms with Gasteiger partial charge >= 0.3 is 0 Å². The van der Waals surface area contributed by atoms with Gasteiger partial charge in [0, 0.05) is 32.7 Å². The van der Waals surface area contributed by atoms with Crippen LogP contribution >= 0.6 is 11.6 Å². The Hall–Kier alpha value is 0.284. The summed E-state index contributed by atoms with van der Waals surface area (Å²) in [5, 5.41) is 0.451. The van der Waals surface area contributed by atoms with Gasteiger partial charge in [-0.2, -0.15) is 17.7 Å². The van der Waals surface area contributed by atoms with E-state index in [0.717, 1.165) is 0 Å². The van der Waals surface area contributed by atoms with Crippen molar-refractivity contribution in [2.45, 2.75) is 0 Å². The minimum absolute atomic E-state index is 0. The van der Waals surface area contributed by atoms with Crippen LogP contribution in [0.1, 0.15) is 5.56 Å². The predicted molar refractivity (Wildman–Crippen MR) is 36.2 cm³/mol. The maximum Gasteiger partial charge on any atom is 0.0641 e. The molecule has 0 aliphatic carbocycles. The van der Waals surface area contributed by atoms with E-state index in [2.05, 4.69) is 0 Å². The third-order valence-corrected chi connectivity index (χ3v) is 1.31. The van der Waals surface area contributed by atoms with Crippen LogP contribution in [-0.4, -0.2) is 6.29 Å². The molecule has 1 nitrogen and oxygen atoms in total. The molecule has 0 unspecified atom stereocenters. The molecule has 0 saturated heterocycles. The van der Waals surface area contributed by atoms with E-state index in [9.17, 15) is 4.79 Å². The standard InChI is InChI=1S/C7H4ClO.Y/c8-7-4-2-1-3-6(7)5-9;/h1-4H;/q-1;. The molecule has 3 heteroatoms. The first-order chi connectivity index (χ1) is 4.34. The summed E-state index contributed by atoms with van der Waals surface area (Å²) >= 11 is 5.56. The summed E-state index contributed by atoms with van der Waals surface area (Å²) in [4.78, 5) is 10.0. The molecular weight excluding hydrogens is 224 g/mol. The zero-order valence-corrected chi connectivity index (χ0v) is 8.77. The Morgan fingerprint density at radius 2 is 1.90 bits per heavy atom. The van der Waals surface area contributed by atoms with Crippen LogP contribution in [0.25, 0.3) is 0 Å². The Labute approximate surface area is 89.6 Å². The van der Waals surface area contributed by atoms with Gasteiger partial charge in [-0.3, -0.25) is 0 Å². The van der Waals surface area contributed by atoms with Gasteiger partial charge in [-0.15, -0.1) is 17.7 Å². The second-order valence-corrected chi connectivity index (χ2v) is 1.99. The number of carbonyl (C=O) groups excluding carboxylic acids is 1. The van der Waals surface area contributed by atoms with Crippen LogP contribution in [0.5, 0.6) is 0 Å². The molecule has 1 aromatic rings. The third-order valence-electron chi connectivity index (χ3n) is 0.984. The first-order valence-electron chi connectivity index (χ1n) is 2.47. The second kappa shape index (κ2) is 5.00. The first kappa shape index (κ1) is 10.3. The molecule has 0 saturated carbocycles. The van der Waals surface area contributed by atoms with Crippen molar-refractivity contribution < 1.29 is 37.5 Å². The van der Waals surface area contributed by atoms with Crippen LogP contribution in [0.15, 0.2) is 24.3 Å². The molecule has 0 spiro atoms.